The molecular weight excluding hydrogens is 1300 g/mol. The Hall–Kier alpha value is -7.61. The van der Waals surface area contributed by atoms with E-state index in [4.69, 9.17) is 39.9 Å². The number of hydrogen-bond donors (Lipinski definition) is 22. The van der Waals surface area contributed by atoms with Gasteiger partial charge in [-0.2, -0.15) is 0 Å². The van der Waals surface area contributed by atoms with Crippen LogP contribution in [0.4, 0.5) is 0 Å². The SMILES string of the molecule is CCCCCC(=O)OCC1OC(N2C(N)=NCC2C(O)C2NC(=O)C(C(O)C3CN=C(N)N3)NC(=O)C(Cc3ccc(OC4OC(CO)C(OC5OC(CO)C(O)C(O)C5O)C(O)C4O)cc3)NC(=O)C(C(C)c3ccccc3)NC(=O)CNC(=O)C(CO)NC2=O)C(O)C(O)C1O. The Kier molecular flexibility index (Phi) is 26.8. The lowest BCUT2D eigenvalue weighted by atomic mass is 9.92. The summed E-state index contributed by atoms with van der Waals surface area (Å²) in [5.74, 6) is -9.75. The van der Waals surface area contributed by atoms with E-state index in [0.717, 1.165) is 11.3 Å². The van der Waals surface area contributed by atoms with Crippen molar-refractivity contribution in [2.24, 2.45) is 21.5 Å². The van der Waals surface area contributed by atoms with Gasteiger partial charge in [0.1, 0.15) is 128 Å². The third kappa shape index (κ3) is 18.0. The van der Waals surface area contributed by atoms with Crippen LogP contribution < -0.4 is 53.4 Å². The molecule has 0 aliphatic carbocycles. The van der Waals surface area contributed by atoms with Gasteiger partial charge in [0, 0.05) is 18.8 Å². The second kappa shape index (κ2) is 34.4. The molecule has 0 aromatic heterocycles. The number of ether oxygens (including phenoxy) is 6. The summed E-state index contributed by atoms with van der Waals surface area (Å²) in [6.07, 6.45) is -30.0. The minimum absolute atomic E-state index is 0.00570. The summed E-state index contributed by atoms with van der Waals surface area (Å²) in [5, 5.41) is 159. The predicted octanol–water partition coefficient (Wildman–Crippen LogP) is -11.5. The molecule has 25 unspecified atom stereocenters. The van der Waals surface area contributed by atoms with Crippen LogP contribution in [0.25, 0.3) is 0 Å². The highest BCUT2D eigenvalue weighted by atomic mass is 16.7. The van der Waals surface area contributed by atoms with Gasteiger partial charge in [-0.15, -0.1) is 0 Å². The molecule has 0 bridgehead atoms. The summed E-state index contributed by atoms with van der Waals surface area (Å²) in [6.45, 7) is -1.86. The molecule has 24 N–H and O–H groups in total. The van der Waals surface area contributed by atoms with Gasteiger partial charge in [-0.3, -0.25) is 43.5 Å². The van der Waals surface area contributed by atoms with Crippen molar-refractivity contribution in [3.8, 4) is 5.75 Å². The third-order valence-electron chi connectivity index (χ3n) is 17.7. The lowest BCUT2D eigenvalue weighted by Gasteiger charge is -2.46. The van der Waals surface area contributed by atoms with Crippen LogP contribution in [-0.2, 0) is 63.7 Å². The number of guanidine groups is 2. The molecule has 2 aromatic rings. The van der Waals surface area contributed by atoms with Gasteiger partial charge in [-0.1, -0.05) is 69.2 Å². The number of nitrogens with zero attached hydrogens (tertiary/aromatic N) is 3. The Morgan fingerprint density at radius 1 is 0.622 bits per heavy atom. The molecule has 4 saturated heterocycles. The molecule has 0 spiro atoms. The number of unbranched alkanes of at least 4 members (excludes halogenated alkanes) is 2. The van der Waals surface area contributed by atoms with Crippen molar-refractivity contribution >= 4 is 53.3 Å². The highest BCUT2D eigenvalue weighted by Gasteiger charge is 2.54. The van der Waals surface area contributed by atoms with Gasteiger partial charge in [-0.05, 0) is 29.7 Å². The number of esters is 1. The number of carbonyl (C=O) groups is 7. The summed E-state index contributed by atoms with van der Waals surface area (Å²) in [7, 11) is 0. The molecule has 6 amide bonds. The van der Waals surface area contributed by atoms with Crippen molar-refractivity contribution in [2.75, 3.05) is 46.1 Å². The van der Waals surface area contributed by atoms with Crippen LogP contribution in [0.2, 0.25) is 0 Å². The fourth-order valence-electron chi connectivity index (χ4n) is 12.0. The first-order valence-electron chi connectivity index (χ1n) is 31.8. The molecule has 2 aromatic carbocycles. The maximum atomic E-state index is 15.2. The van der Waals surface area contributed by atoms with E-state index in [1.54, 1.807) is 37.3 Å². The van der Waals surface area contributed by atoms with Crippen molar-refractivity contribution in [1.82, 2.24) is 42.1 Å². The molecule has 25 atom stereocenters. The minimum Gasteiger partial charge on any atom is -0.463 e. The fraction of sp³-hybridized carbons (Fsp3) is 0.650. The zero-order valence-corrected chi connectivity index (χ0v) is 53.2. The topological polar surface area (TPSA) is 602 Å². The fourth-order valence-corrected chi connectivity index (χ4v) is 12.0. The van der Waals surface area contributed by atoms with Gasteiger partial charge in [0.15, 0.2) is 24.4 Å². The van der Waals surface area contributed by atoms with Crippen LogP contribution in [0, 0.1) is 0 Å². The number of nitrogens with two attached hydrogens (primary N) is 2. The third-order valence-corrected chi connectivity index (χ3v) is 17.7. The summed E-state index contributed by atoms with van der Waals surface area (Å²) in [5.41, 5.74) is 13.0. The van der Waals surface area contributed by atoms with Crippen molar-refractivity contribution in [3.63, 3.8) is 0 Å². The zero-order chi connectivity index (χ0) is 71.4. The Bertz CT molecular complexity index is 3110. The second-order valence-electron chi connectivity index (χ2n) is 24.5. The monoisotopic (exact) mass is 1390 g/mol. The van der Waals surface area contributed by atoms with Gasteiger partial charge in [0.05, 0.1) is 51.5 Å². The van der Waals surface area contributed by atoms with Gasteiger partial charge in [0.25, 0.3) is 0 Å². The van der Waals surface area contributed by atoms with Crippen molar-refractivity contribution < 1.29 is 128 Å². The van der Waals surface area contributed by atoms with E-state index in [2.05, 4.69) is 47.2 Å². The van der Waals surface area contributed by atoms with Gasteiger partial charge < -0.3 is 148 Å². The van der Waals surface area contributed by atoms with Crippen LogP contribution in [0.3, 0.4) is 0 Å². The Labute approximate surface area is 559 Å². The van der Waals surface area contributed by atoms with E-state index >= 15 is 9.59 Å². The Balaban J connectivity index is 1.10. The highest BCUT2D eigenvalue weighted by molar-refractivity contribution is 5.98. The Morgan fingerprint density at radius 2 is 1.23 bits per heavy atom. The van der Waals surface area contributed by atoms with Gasteiger partial charge in [0.2, 0.25) is 41.7 Å². The maximum absolute atomic E-state index is 15.2. The van der Waals surface area contributed by atoms with E-state index in [1.807, 2.05) is 6.92 Å². The predicted molar refractivity (Wildman–Crippen MR) is 331 cm³/mol. The molecule has 98 heavy (non-hydrogen) atoms. The number of amides is 6. The maximum Gasteiger partial charge on any atom is 0.305 e. The first-order chi connectivity index (χ1) is 46.7. The van der Waals surface area contributed by atoms with Crippen LogP contribution in [-0.4, -0.2) is 317 Å². The number of hydrogen-bond acceptors (Lipinski definition) is 32. The molecule has 38 nitrogen and oxygen atoms in total. The molecule has 6 aliphatic heterocycles. The average molecular weight is 1390 g/mol. The number of aliphatic imine (C=N–C) groups is 2. The first kappa shape index (κ1) is 76.1. The summed E-state index contributed by atoms with van der Waals surface area (Å²) in [6, 6.07) is 0.673. The molecule has 0 radical (unpaired) electrons. The van der Waals surface area contributed by atoms with E-state index in [-0.39, 0.29) is 30.2 Å². The lowest BCUT2D eigenvalue weighted by molar-refractivity contribution is -0.352. The molecule has 544 valence electrons. The van der Waals surface area contributed by atoms with E-state index in [0.29, 0.717) is 18.4 Å². The standard InChI is InChI=1S/C60H88N12O26/c1-3-4-6-11-36(77)93-23-34-43(81)44(82)47(85)56(95-34)72-31(18-65-60(72)62)41(79)39-54(91)67-30(20-73)51(88)63-19-35(76)69-37(24(2)26-9-7-5-8-10-26)53(90)66-28(52(89)70-38(55(92)71-39)40(78)29-17-64-59(61)68-29)16-25-12-14-27(15-13-25)94-57-49(87)46(84)50(33(22-75)97-57)98-58-48(86)45(83)42(80)32(21-74)96-58/h5,7-10,12-15,24,28-34,37-50,56-58,73-75,78-87H,3-4,6,11,16-23H2,1-2H3,(H2,62,65)(H,63,88)(H,66,90)(H,67,91)(H,69,76)(H,70,89)(H,71,92)(H3,61,64,68). The summed E-state index contributed by atoms with van der Waals surface area (Å²) < 4.78 is 34.0. The number of benzene rings is 2. The van der Waals surface area contributed by atoms with Crippen LogP contribution in [0.15, 0.2) is 64.6 Å². The number of rotatable bonds is 22. The highest BCUT2D eigenvalue weighted by Crippen LogP contribution is 2.33. The molecule has 6 aliphatic rings. The Morgan fingerprint density at radius 3 is 1.89 bits per heavy atom. The van der Waals surface area contributed by atoms with Gasteiger partial charge >= 0.3 is 5.97 Å². The quantitative estimate of drug-likeness (QED) is 0.0384. The van der Waals surface area contributed by atoms with Crippen molar-refractivity contribution in [1.29, 1.82) is 0 Å². The molecular formula is C60H88N12O26. The number of aliphatic hydroxyl groups excluding tert-OH is 13. The summed E-state index contributed by atoms with van der Waals surface area (Å²) in [4.78, 5) is 109. The largest absolute Gasteiger partial charge is 0.463 e. The smallest absolute Gasteiger partial charge is 0.305 e. The average Bonchev–Trinajstić information content (AvgIpc) is 1.37. The van der Waals surface area contributed by atoms with Crippen LogP contribution in [0.1, 0.15) is 56.6 Å². The molecule has 0 saturated carbocycles. The number of carbonyl (C=O) groups excluding carboxylic acids is 7. The van der Waals surface area contributed by atoms with E-state index in [1.165, 1.54) is 24.3 Å². The normalized spacial score (nSPS) is 35.6. The van der Waals surface area contributed by atoms with Crippen molar-refractivity contribution in [2.45, 2.75) is 198 Å². The van der Waals surface area contributed by atoms with Crippen molar-refractivity contribution in [3.05, 3.63) is 65.7 Å². The molecule has 4 fully saturated rings. The second-order valence-corrected chi connectivity index (χ2v) is 24.5. The molecule has 6 heterocycles. The van der Waals surface area contributed by atoms with Crippen LogP contribution in [0.5, 0.6) is 5.75 Å². The lowest BCUT2D eigenvalue weighted by Crippen LogP contribution is -2.70. The van der Waals surface area contributed by atoms with E-state index < -0.39 is 246 Å². The zero-order valence-electron chi connectivity index (χ0n) is 53.2. The number of aliphatic hydroxyl groups is 13. The first-order valence-corrected chi connectivity index (χ1v) is 31.8. The molecule has 8 rings (SSSR count). The van der Waals surface area contributed by atoms with Crippen LogP contribution >= 0.6 is 0 Å². The van der Waals surface area contributed by atoms with Gasteiger partial charge in [-0.25, -0.2) is 0 Å². The summed E-state index contributed by atoms with van der Waals surface area (Å²) >= 11 is 0. The minimum atomic E-state index is -2.37. The number of nitrogens with one attached hydrogen (secondary N) is 7. The molecule has 38 heteroatoms. The van der Waals surface area contributed by atoms with E-state index in [9.17, 15) is 90.4 Å².